The van der Waals surface area contributed by atoms with Crippen molar-refractivity contribution in [3.63, 3.8) is 0 Å². The van der Waals surface area contributed by atoms with Gasteiger partial charge in [-0.05, 0) is 49.1 Å². The number of nitrogens with two attached hydrogens (primary N) is 1. The van der Waals surface area contributed by atoms with Crippen molar-refractivity contribution < 1.29 is 14.6 Å². The van der Waals surface area contributed by atoms with Gasteiger partial charge in [-0.2, -0.15) is 0 Å². The number of carboxylic acid groups (broad SMARTS) is 1. The Morgan fingerprint density at radius 2 is 2.18 bits per heavy atom. The van der Waals surface area contributed by atoms with E-state index in [2.05, 4.69) is 24.8 Å². The topological polar surface area (TPSA) is 75.8 Å². The molecule has 6 heteroatoms. The molecule has 28 heavy (non-hydrogen) atoms. The highest BCUT2D eigenvalue weighted by atomic mass is 32.1. The van der Waals surface area contributed by atoms with E-state index in [1.165, 1.54) is 4.88 Å². The van der Waals surface area contributed by atoms with Crippen LogP contribution in [0.4, 0.5) is 5.69 Å². The maximum absolute atomic E-state index is 12.3. The first-order valence-corrected chi connectivity index (χ1v) is 10.8. The number of benzene rings is 1. The molecule has 0 unspecified atom stereocenters. The number of hydrogen-bond acceptors (Lipinski definition) is 5. The molecular weight excluding hydrogens is 372 g/mol. The van der Waals surface area contributed by atoms with Gasteiger partial charge < -0.3 is 20.5 Å². The molecule has 1 aliphatic heterocycles. The van der Waals surface area contributed by atoms with Crippen LogP contribution in [0.3, 0.4) is 0 Å². The van der Waals surface area contributed by atoms with E-state index in [0.29, 0.717) is 5.56 Å². The maximum Gasteiger partial charge on any atom is 0.337 e. The van der Waals surface area contributed by atoms with Gasteiger partial charge in [0.2, 0.25) is 0 Å². The van der Waals surface area contributed by atoms with Crippen molar-refractivity contribution in [2.24, 2.45) is 11.1 Å². The number of ether oxygens (including phenoxy) is 1. The maximum atomic E-state index is 12.3. The third kappa shape index (κ3) is 3.45. The number of aromatic carboxylic acids is 1. The van der Waals surface area contributed by atoms with Gasteiger partial charge in [0.1, 0.15) is 6.23 Å². The molecule has 1 fully saturated rings. The zero-order valence-corrected chi connectivity index (χ0v) is 17.3. The zero-order valence-electron chi connectivity index (χ0n) is 16.5. The third-order valence-corrected chi connectivity index (χ3v) is 7.26. The van der Waals surface area contributed by atoms with Gasteiger partial charge in [-0.15, -0.1) is 11.3 Å². The fourth-order valence-electron chi connectivity index (χ4n) is 4.55. The first-order chi connectivity index (χ1) is 13.4. The monoisotopic (exact) mass is 400 g/mol. The van der Waals surface area contributed by atoms with Crippen LogP contribution in [0.5, 0.6) is 0 Å². The first-order valence-electron chi connectivity index (χ1n) is 9.97. The SMILES string of the molecule is CC1(C)CCc2sc(-c3ccccc3N3CCC[C@@H]3OCN)c(C(=O)O)c2C1. The summed E-state index contributed by atoms with van der Waals surface area (Å²) in [7, 11) is 0. The van der Waals surface area contributed by atoms with Crippen LogP contribution in [0, 0.1) is 5.41 Å². The largest absolute Gasteiger partial charge is 0.478 e. The number of rotatable bonds is 5. The number of anilines is 1. The Morgan fingerprint density at radius 1 is 1.39 bits per heavy atom. The summed E-state index contributed by atoms with van der Waals surface area (Å²) >= 11 is 1.66. The van der Waals surface area contributed by atoms with Crippen LogP contribution >= 0.6 is 11.3 Å². The Bertz CT molecular complexity index is 890. The van der Waals surface area contributed by atoms with Gasteiger partial charge in [-0.1, -0.05) is 32.0 Å². The van der Waals surface area contributed by atoms with Crippen LogP contribution < -0.4 is 10.6 Å². The summed E-state index contributed by atoms with van der Waals surface area (Å²) in [5, 5.41) is 10.1. The molecule has 0 saturated carbocycles. The predicted octanol–water partition coefficient (Wildman–Crippen LogP) is 4.49. The van der Waals surface area contributed by atoms with Gasteiger partial charge in [0.15, 0.2) is 0 Å². The van der Waals surface area contributed by atoms with Gasteiger partial charge in [0.25, 0.3) is 0 Å². The van der Waals surface area contributed by atoms with Gasteiger partial charge >= 0.3 is 5.97 Å². The van der Waals surface area contributed by atoms with E-state index in [1.807, 2.05) is 18.2 Å². The fraction of sp³-hybridized carbons (Fsp3) is 0.500. The molecule has 1 aliphatic carbocycles. The number of hydrogen-bond donors (Lipinski definition) is 2. The molecule has 2 aliphatic rings. The second kappa shape index (κ2) is 7.50. The number of nitrogens with zero attached hydrogens (tertiary/aromatic N) is 1. The number of fused-ring (bicyclic) bond motifs is 1. The van der Waals surface area contributed by atoms with Crippen molar-refractivity contribution in [3.05, 3.63) is 40.3 Å². The Morgan fingerprint density at radius 3 is 2.93 bits per heavy atom. The normalized spacial score (nSPS) is 21.0. The number of carboxylic acids is 1. The van der Waals surface area contributed by atoms with Crippen molar-refractivity contribution in [3.8, 4) is 10.4 Å². The van der Waals surface area contributed by atoms with Crippen LogP contribution in [-0.2, 0) is 17.6 Å². The summed E-state index contributed by atoms with van der Waals surface area (Å²) in [6, 6.07) is 8.11. The van der Waals surface area contributed by atoms with E-state index in [4.69, 9.17) is 10.5 Å². The molecule has 1 atom stereocenters. The lowest BCUT2D eigenvalue weighted by molar-refractivity contribution is 0.0655. The second-order valence-electron chi connectivity index (χ2n) is 8.49. The van der Waals surface area contributed by atoms with Gasteiger partial charge in [-0.25, -0.2) is 4.79 Å². The Kier molecular flexibility index (Phi) is 5.21. The van der Waals surface area contributed by atoms with Crippen molar-refractivity contribution in [2.75, 3.05) is 18.2 Å². The third-order valence-electron chi connectivity index (χ3n) is 5.93. The summed E-state index contributed by atoms with van der Waals surface area (Å²) in [5.41, 5.74) is 9.34. The Balaban J connectivity index is 1.83. The fourth-order valence-corrected chi connectivity index (χ4v) is 5.89. The lowest BCUT2D eigenvalue weighted by Crippen LogP contribution is -2.33. The lowest BCUT2D eigenvalue weighted by Gasteiger charge is -2.29. The van der Waals surface area contributed by atoms with E-state index in [1.54, 1.807) is 11.3 Å². The average Bonchev–Trinajstić information content (AvgIpc) is 3.25. The lowest BCUT2D eigenvalue weighted by atomic mass is 9.76. The molecular formula is C22H28N2O3S. The van der Waals surface area contributed by atoms with Gasteiger partial charge in [0, 0.05) is 22.7 Å². The van der Waals surface area contributed by atoms with Crippen LogP contribution in [0.25, 0.3) is 10.4 Å². The molecule has 1 aromatic carbocycles. The highest BCUT2D eigenvalue weighted by molar-refractivity contribution is 7.16. The highest BCUT2D eigenvalue weighted by Gasteiger charge is 2.34. The number of aryl methyl sites for hydroxylation is 1. The van der Waals surface area contributed by atoms with E-state index >= 15 is 0 Å². The minimum Gasteiger partial charge on any atom is -0.478 e. The number of carbonyl (C=O) groups is 1. The molecule has 0 radical (unpaired) electrons. The predicted molar refractivity (Wildman–Crippen MR) is 113 cm³/mol. The minimum atomic E-state index is -0.823. The molecule has 0 bridgehead atoms. The molecule has 0 spiro atoms. The second-order valence-corrected chi connectivity index (χ2v) is 9.60. The van der Waals surface area contributed by atoms with Crippen molar-refractivity contribution in [2.45, 2.75) is 52.2 Å². The molecule has 1 saturated heterocycles. The van der Waals surface area contributed by atoms with Crippen molar-refractivity contribution in [1.82, 2.24) is 0 Å². The summed E-state index contributed by atoms with van der Waals surface area (Å²) < 4.78 is 5.74. The van der Waals surface area contributed by atoms with Crippen LogP contribution in [-0.4, -0.2) is 30.6 Å². The van der Waals surface area contributed by atoms with Gasteiger partial charge in [-0.3, -0.25) is 0 Å². The summed E-state index contributed by atoms with van der Waals surface area (Å²) in [6.07, 6.45) is 4.81. The summed E-state index contributed by atoms with van der Waals surface area (Å²) in [6.45, 7) is 5.53. The van der Waals surface area contributed by atoms with E-state index in [0.717, 1.165) is 60.3 Å². The molecule has 1 aromatic heterocycles. The van der Waals surface area contributed by atoms with Crippen LogP contribution in [0.15, 0.2) is 24.3 Å². The average molecular weight is 401 g/mol. The summed E-state index contributed by atoms with van der Waals surface area (Å²) in [4.78, 5) is 16.6. The first kappa shape index (κ1) is 19.4. The standard InChI is InChI=1S/C22H28N2O3S/c1-22(2)10-9-17-15(12-22)19(21(25)26)20(28-17)14-6-3-4-7-16(14)24-11-5-8-18(24)27-13-23/h3-4,6-7,18H,5,8-13,23H2,1-2H3,(H,25,26)/t18-/m0/s1. The molecule has 150 valence electrons. The van der Waals surface area contributed by atoms with E-state index in [9.17, 15) is 9.90 Å². The molecule has 2 heterocycles. The van der Waals surface area contributed by atoms with E-state index < -0.39 is 5.97 Å². The molecule has 3 N–H and O–H groups in total. The zero-order chi connectivity index (χ0) is 19.9. The number of para-hydroxylation sites is 1. The van der Waals surface area contributed by atoms with Crippen molar-refractivity contribution >= 4 is 23.0 Å². The van der Waals surface area contributed by atoms with Crippen molar-refractivity contribution in [1.29, 1.82) is 0 Å². The molecule has 5 nitrogen and oxygen atoms in total. The highest BCUT2D eigenvalue weighted by Crippen LogP contribution is 2.47. The van der Waals surface area contributed by atoms with Crippen LogP contribution in [0.1, 0.15) is 53.9 Å². The quantitative estimate of drug-likeness (QED) is 0.724. The van der Waals surface area contributed by atoms with E-state index in [-0.39, 0.29) is 18.4 Å². The summed E-state index contributed by atoms with van der Waals surface area (Å²) in [5.74, 6) is -0.823. The Labute approximate surface area is 170 Å². The van der Waals surface area contributed by atoms with Gasteiger partial charge in [0.05, 0.1) is 17.2 Å². The molecule has 2 aromatic rings. The minimum absolute atomic E-state index is 0.0482. The molecule has 4 rings (SSSR count). The molecule has 0 amide bonds. The Hall–Kier alpha value is -1.89. The smallest absolute Gasteiger partial charge is 0.337 e. The van der Waals surface area contributed by atoms with Crippen LogP contribution in [0.2, 0.25) is 0 Å². The number of thiophene rings is 1.